The number of benzene rings is 4. The first-order chi connectivity index (χ1) is 32.2. The van der Waals surface area contributed by atoms with Crippen LogP contribution < -0.4 is 24.6 Å². The average molecular weight is 926 g/mol. The minimum Gasteiger partial charge on any atom is -0.488 e. The van der Waals surface area contributed by atoms with Crippen LogP contribution in [0.4, 0.5) is 11.4 Å². The molecule has 2 aliphatic rings. The van der Waals surface area contributed by atoms with Gasteiger partial charge in [-0.05, 0) is 79.4 Å². The van der Waals surface area contributed by atoms with Gasteiger partial charge >= 0.3 is 35.8 Å². The second-order valence-corrected chi connectivity index (χ2v) is 15.2. The van der Waals surface area contributed by atoms with E-state index in [1.54, 1.807) is 36.4 Å². The van der Waals surface area contributed by atoms with E-state index in [4.69, 9.17) is 47.3 Å². The van der Waals surface area contributed by atoms with Gasteiger partial charge in [-0.1, -0.05) is 24.3 Å². The second kappa shape index (κ2) is 24.1. The van der Waals surface area contributed by atoms with Crippen molar-refractivity contribution < 1.29 is 71.1 Å². The van der Waals surface area contributed by atoms with E-state index < -0.39 is 41.9 Å². The van der Waals surface area contributed by atoms with Crippen molar-refractivity contribution in [3.63, 3.8) is 0 Å². The van der Waals surface area contributed by atoms with E-state index in [1.807, 2.05) is 50.2 Å². The average Bonchev–Trinajstić information content (AvgIpc) is 3.32. The first kappa shape index (κ1) is 50.4. The first-order valence-corrected chi connectivity index (χ1v) is 21.1. The largest absolute Gasteiger partial charge is 0.488 e. The summed E-state index contributed by atoms with van der Waals surface area (Å²) in [6.07, 6.45) is 0.248. The van der Waals surface area contributed by atoms with Crippen LogP contribution in [0.5, 0.6) is 11.5 Å². The quantitative estimate of drug-likeness (QED) is 0.0370. The van der Waals surface area contributed by atoms with E-state index in [-0.39, 0.29) is 64.4 Å². The number of aryl methyl sites for hydroxylation is 2. The van der Waals surface area contributed by atoms with Crippen LogP contribution in [0.2, 0.25) is 0 Å². The van der Waals surface area contributed by atoms with E-state index in [9.17, 15) is 28.8 Å². The molecule has 0 radical (unpaired) electrons. The van der Waals surface area contributed by atoms with Crippen molar-refractivity contribution in [3.8, 4) is 33.9 Å². The van der Waals surface area contributed by atoms with Gasteiger partial charge in [-0.25, -0.2) is 0 Å². The Hall–Kier alpha value is -7.63. The Labute approximate surface area is 387 Å². The van der Waals surface area contributed by atoms with Gasteiger partial charge < -0.3 is 52.1 Å². The van der Waals surface area contributed by atoms with Gasteiger partial charge in [-0.2, -0.15) is 0 Å². The molecule has 356 valence electrons. The standard InChI is InChI=1S/C49H55N3O15/c1-30-9-14-35-39(21-30)67-40-24-33(50-34(25-44(54)60-4)13-18-43(53)59-3)12-15-36(40)49(35)32-11-17-38(52(28-47(57)63-7)29-48(58)64-8)42(23-32)66-20-19-65-41-22-31(2)10-16-37(41)51(26-45(55)61-5)27-46(56)62-6/h9-12,14-17,21-24,34H,13,18-20,25-29H2,1-8H3/b50-33+. The molecule has 1 atom stereocenters. The molecule has 1 aliphatic carbocycles. The number of anilines is 2. The number of nitrogens with zero attached hydrogens (tertiary/aromatic N) is 3. The number of ether oxygens (including phenoxy) is 8. The predicted molar refractivity (Wildman–Crippen MR) is 245 cm³/mol. The monoisotopic (exact) mass is 925 g/mol. The van der Waals surface area contributed by atoms with Crippen molar-refractivity contribution in [2.24, 2.45) is 4.99 Å². The van der Waals surface area contributed by atoms with E-state index in [0.29, 0.717) is 45.0 Å². The SMILES string of the molecule is COC(=O)CCC(CC(=O)OC)/N=c1\ccc2c(-c3ccc(N(CC(=O)OC)CC(=O)OC)c(OCCOc4cc(C)ccc4N(CC(=O)OC)CC(=O)OC)c3)c3ccc(C)cc3oc-2c1. The lowest BCUT2D eigenvalue weighted by Crippen LogP contribution is -2.36. The maximum absolute atomic E-state index is 12.7. The molecule has 0 fully saturated rings. The van der Waals surface area contributed by atoms with Gasteiger partial charge in [0.15, 0.2) is 0 Å². The summed E-state index contributed by atoms with van der Waals surface area (Å²) in [7, 11) is 7.57. The first-order valence-electron chi connectivity index (χ1n) is 21.1. The highest BCUT2D eigenvalue weighted by molar-refractivity contribution is 6.02. The molecular formula is C49H55N3O15. The Kier molecular flexibility index (Phi) is 18.1. The molecule has 5 rings (SSSR count). The lowest BCUT2D eigenvalue weighted by molar-refractivity contribution is -0.143. The smallest absolute Gasteiger partial charge is 0.325 e. The maximum Gasteiger partial charge on any atom is 0.325 e. The molecule has 3 aromatic carbocycles. The minimum absolute atomic E-state index is 0.0311. The normalized spacial score (nSPS) is 11.6. The van der Waals surface area contributed by atoms with Crippen LogP contribution in [-0.2, 0) is 57.2 Å². The summed E-state index contributed by atoms with van der Waals surface area (Å²) in [5.41, 5.74) is 5.30. The van der Waals surface area contributed by atoms with Crippen LogP contribution in [0.25, 0.3) is 33.4 Å². The van der Waals surface area contributed by atoms with E-state index in [1.165, 1.54) is 52.5 Å². The molecule has 0 amide bonds. The lowest BCUT2D eigenvalue weighted by Gasteiger charge is -2.26. The van der Waals surface area contributed by atoms with Crippen molar-refractivity contribution in [1.29, 1.82) is 0 Å². The molecule has 67 heavy (non-hydrogen) atoms. The number of hydrogen-bond donors (Lipinski definition) is 0. The fraction of sp³-hybridized carbons (Fsp3) is 0.367. The molecule has 1 aliphatic heterocycles. The van der Waals surface area contributed by atoms with Crippen molar-refractivity contribution in [3.05, 3.63) is 89.3 Å². The van der Waals surface area contributed by atoms with Crippen molar-refractivity contribution in [2.45, 2.75) is 39.2 Å². The minimum atomic E-state index is -0.616. The molecule has 0 spiro atoms. The zero-order valence-corrected chi connectivity index (χ0v) is 38.8. The Morgan fingerprint density at radius 1 is 0.567 bits per heavy atom. The van der Waals surface area contributed by atoms with Gasteiger partial charge in [0.2, 0.25) is 0 Å². The molecule has 0 saturated carbocycles. The van der Waals surface area contributed by atoms with Crippen LogP contribution in [-0.4, -0.2) is 124 Å². The lowest BCUT2D eigenvalue weighted by atomic mass is 9.93. The topological polar surface area (TPSA) is 208 Å². The number of methoxy groups -OCH3 is 6. The summed E-state index contributed by atoms with van der Waals surface area (Å²) in [5, 5.41) is 1.27. The number of rotatable bonds is 22. The summed E-state index contributed by atoms with van der Waals surface area (Å²) in [4.78, 5) is 82.3. The molecule has 1 unspecified atom stereocenters. The van der Waals surface area contributed by atoms with Gasteiger partial charge in [-0.15, -0.1) is 0 Å². The zero-order valence-electron chi connectivity index (χ0n) is 38.8. The Balaban J connectivity index is 1.60. The Morgan fingerprint density at radius 2 is 1.07 bits per heavy atom. The number of fused-ring (bicyclic) bond motifs is 2. The molecule has 0 aromatic heterocycles. The van der Waals surface area contributed by atoms with Crippen molar-refractivity contribution >= 4 is 58.2 Å². The van der Waals surface area contributed by atoms with Crippen LogP contribution in [0.15, 0.2) is 82.2 Å². The molecule has 3 aromatic rings. The van der Waals surface area contributed by atoms with Gasteiger partial charge in [0.05, 0.1) is 71.9 Å². The number of carbonyl (C=O) groups excluding carboxylic acids is 6. The van der Waals surface area contributed by atoms with Gasteiger partial charge in [0.25, 0.3) is 0 Å². The summed E-state index contributed by atoms with van der Waals surface area (Å²) in [6.45, 7) is 2.57. The summed E-state index contributed by atoms with van der Waals surface area (Å²) >= 11 is 0. The number of carbonyl (C=O) groups is 6. The van der Waals surface area contributed by atoms with Crippen LogP contribution >= 0.6 is 0 Å². The predicted octanol–water partition coefficient (Wildman–Crippen LogP) is 5.37. The molecule has 0 N–H and O–H groups in total. The van der Waals surface area contributed by atoms with Gasteiger partial charge in [0, 0.05) is 29.0 Å². The molecule has 1 heterocycles. The third-order valence-corrected chi connectivity index (χ3v) is 10.6. The van der Waals surface area contributed by atoms with Crippen LogP contribution in [0.3, 0.4) is 0 Å². The highest BCUT2D eigenvalue weighted by Crippen LogP contribution is 2.43. The number of esters is 6. The maximum atomic E-state index is 12.7. The molecule has 18 heteroatoms. The van der Waals surface area contributed by atoms with E-state index >= 15 is 0 Å². The van der Waals surface area contributed by atoms with E-state index in [0.717, 1.165) is 22.1 Å². The summed E-state index contributed by atoms with van der Waals surface area (Å²) in [5.74, 6) is -2.19. The highest BCUT2D eigenvalue weighted by atomic mass is 16.5. The van der Waals surface area contributed by atoms with Gasteiger partial charge in [0.1, 0.15) is 62.2 Å². The molecular weight excluding hydrogens is 871 g/mol. The third-order valence-electron chi connectivity index (χ3n) is 10.6. The zero-order chi connectivity index (χ0) is 48.6. The van der Waals surface area contributed by atoms with E-state index in [2.05, 4.69) is 0 Å². The van der Waals surface area contributed by atoms with Crippen LogP contribution in [0, 0.1) is 13.8 Å². The summed E-state index contributed by atoms with van der Waals surface area (Å²) in [6, 6.07) is 21.3. The fourth-order valence-electron chi connectivity index (χ4n) is 7.14. The molecule has 0 saturated heterocycles. The van der Waals surface area contributed by atoms with Crippen molar-refractivity contribution in [2.75, 3.05) is 91.9 Å². The van der Waals surface area contributed by atoms with Crippen molar-refractivity contribution in [1.82, 2.24) is 0 Å². The number of hydrogen-bond acceptors (Lipinski definition) is 18. The fourth-order valence-corrected chi connectivity index (χ4v) is 7.14. The molecule has 18 nitrogen and oxygen atoms in total. The van der Waals surface area contributed by atoms with Gasteiger partial charge in [-0.3, -0.25) is 33.8 Å². The Bertz CT molecular complexity index is 2590. The van der Waals surface area contributed by atoms with Crippen LogP contribution in [0.1, 0.15) is 30.4 Å². The summed E-state index contributed by atoms with van der Waals surface area (Å²) < 4.78 is 48.6. The highest BCUT2D eigenvalue weighted by Gasteiger charge is 2.25. The second-order valence-electron chi connectivity index (χ2n) is 15.2. The third kappa shape index (κ3) is 13.7. The molecule has 0 bridgehead atoms. The Morgan fingerprint density at radius 3 is 1.63 bits per heavy atom.